The van der Waals surface area contributed by atoms with Gasteiger partial charge in [-0.15, -0.1) is 0 Å². The molecular weight excluding hydrogens is 195 g/mol. The molecule has 0 aromatic carbocycles. The lowest BCUT2D eigenvalue weighted by molar-refractivity contribution is 0.572. The van der Waals surface area contributed by atoms with Gasteiger partial charge < -0.3 is 4.57 Å². The fourth-order valence-corrected chi connectivity index (χ4v) is 1.55. The van der Waals surface area contributed by atoms with Gasteiger partial charge >= 0.3 is 0 Å². The smallest absolute Gasteiger partial charge is 0.203 e. The molecular formula is C8H12Cl2N2. The summed E-state index contributed by atoms with van der Waals surface area (Å²) in [5.41, 5.74) is 0.791. The van der Waals surface area contributed by atoms with E-state index in [1.54, 1.807) is 11.6 Å². The Morgan fingerprint density at radius 3 is 1.92 bits per heavy atom. The third-order valence-corrected chi connectivity index (χ3v) is 2.45. The number of imidazole rings is 1. The van der Waals surface area contributed by atoms with Gasteiger partial charge in [0, 0.05) is 12.5 Å². The largest absolute Gasteiger partial charge is 0.309 e. The molecule has 0 radical (unpaired) electrons. The molecule has 1 aromatic rings. The Bertz CT molecular complexity index is 297. The highest BCUT2D eigenvalue weighted by molar-refractivity contribution is 6.33. The molecule has 0 amide bonds. The van der Waals surface area contributed by atoms with Crippen LogP contribution in [0.25, 0.3) is 0 Å². The van der Waals surface area contributed by atoms with Crippen LogP contribution in [0.1, 0.15) is 26.5 Å². The molecule has 0 aliphatic carbocycles. The van der Waals surface area contributed by atoms with Crippen LogP contribution in [-0.2, 0) is 12.5 Å². The maximum atomic E-state index is 6.01. The van der Waals surface area contributed by atoms with Crippen LogP contribution in [0.4, 0.5) is 0 Å². The molecule has 0 aliphatic rings. The van der Waals surface area contributed by atoms with E-state index < -0.39 is 0 Å². The minimum absolute atomic E-state index is 0.0536. The van der Waals surface area contributed by atoms with Crippen LogP contribution in [0, 0.1) is 0 Å². The number of nitrogens with zero attached hydrogens (tertiary/aromatic N) is 2. The number of aromatic nitrogens is 2. The maximum Gasteiger partial charge on any atom is 0.203 e. The van der Waals surface area contributed by atoms with Gasteiger partial charge in [0.2, 0.25) is 5.28 Å². The second kappa shape index (κ2) is 2.93. The van der Waals surface area contributed by atoms with Crippen LogP contribution in [-0.4, -0.2) is 9.55 Å². The van der Waals surface area contributed by atoms with E-state index in [0.717, 1.165) is 5.69 Å². The van der Waals surface area contributed by atoms with Gasteiger partial charge in [0.1, 0.15) is 5.15 Å². The van der Waals surface area contributed by atoms with Crippen LogP contribution in [0.15, 0.2) is 0 Å². The minimum Gasteiger partial charge on any atom is -0.309 e. The molecule has 1 heterocycles. The van der Waals surface area contributed by atoms with Crippen molar-refractivity contribution in [3.63, 3.8) is 0 Å². The molecule has 0 atom stereocenters. The first kappa shape index (κ1) is 9.87. The fraction of sp³-hybridized carbons (Fsp3) is 0.625. The van der Waals surface area contributed by atoms with Crippen molar-refractivity contribution in [1.82, 2.24) is 9.55 Å². The summed E-state index contributed by atoms with van der Waals surface area (Å²) in [5, 5.41) is 1.05. The number of halogens is 2. The van der Waals surface area contributed by atoms with Crippen LogP contribution in [0.2, 0.25) is 10.4 Å². The van der Waals surface area contributed by atoms with E-state index >= 15 is 0 Å². The van der Waals surface area contributed by atoms with Crippen molar-refractivity contribution >= 4 is 23.2 Å². The van der Waals surface area contributed by atoms with Crippen LogP contribution in [0.5, 0.6) is 0 Å². The number of hydrogen-bond donors (Lipinski definition) is 0. The van der Waals surface area contributed by atoms with E-state index in [-0.39, 0.29) is 5.41 Å². The molecule has 0 aliphatic heterocycles. The van der Waals surface area contributed by atoms with Crippen molar-refractivity contribution < 1.29 is 0 Å². The van der Waals surface area contributed by atoms with Gasteiger partial charge in [-0.05, 0) is 11.6 Å². The Kier molecular flexibility index (Phi) is 2.41. The first-order valence-corrected chi connectivity index (χ1v) is 4.48. The molecule has 1 rings (SSSR count). The predicted molar refractivity (Wildman–Crippen MR) is 51.9 cm³/mol. The van der Waals surface area contributed by atoms with E-state index in [1.807, 2.05) is 0 Å². The molecule has 0 saturated carbocycles. The summed E-state index contributed by atoms with van der Waals surface area (Å²) in [6.07, 6.45) is 0. The Morgan fingerprint density at radius 2 is 1.75 bits per heavy atom. The van der Waals surface area contributed by atoms with Crippen LogP contribution in [0.3, 0.4) is 0 Å². The quantitative estimate of drug-likeness (QED) is 0.639. The third kappa shape index (κ3) is 1.59. The molecule has 0 N–H and O–H groups in total. The molecule has 0 bridgehead atoms. The van der Waals surface area contributed by atoms with Crippen LogP contribution >= 0.6 is 23.2 Å². The molecule has 0 fully saturated rings. The van der Waals surface area contributed by atoms with Gasteiger partial charge in [0.25, 0.3) is 0 Å². The zero-order valence-electron chi connectivity index (χ0n) is 7.65. The minimum atomic E-state index is -0.0536. The van der Waals surface area contributed by atoms with Crippen molar-refractivity contribution in [3.8, 4) is 0 Å². The highest BCUT2D eigenvalue weighted by Crippen LogP contribution is 2.30. The van der Waals surface area contributed by atoms with E-state index in [4.69, 9.17) is 23.2 Å². The van der Waals surface area contributed by atoms with Gasteiger partial charge in [-0.3, -0.25) is 0 Å². The van der Waals surface area contributed by atoms with E-state index in [0.29, 0.717) is 10.4 Å². The average Bonchev–Trinajstić information content (AvgIpc) is 2.15. The summed E-state index contributed by atoms with van der Waals surface area (Å²) in [7, 11) is 1.80. The van der Waals surface area contributed by atoms with Gasteiger partial charge in [-0.1, -0.05) is 32.4 Å². The van der Waals surface area contributed by atoms with Gasteiger partial charge in [0.05, 0.1) is 5.69 Å². The lowest BCUT2D eigenvalue weighted by Crippen LogP contribution is -2.12. The summed E-state index contributed by atoms with van der Waals surface area (Å²) in [4.78, 5) is 4.18. The second-order valence-corrected chi connectivity index (χ2v) is 4.53. The third-order valence-electron chi connectivity index (χ3n) is 1.68. The molecule has 0 spiro atoms. The van der Waals surface area contributed by atoms with Crippen LogP contribution < -0.4 is 0 Å². The molecule has 4 heteroatoms. The standard InChI is InChI=1S/C8H12Cl2N2/c1-8(2,3)5-6(9)12(4)7(10)11-5/h1-4H3. The Hall–Kier alpha value is -0.210. The first-order chi connectivity index (χ1) is 5.34. The van der Waals surface area contributed by atoms with Crippen molar-refractivity contribution in [2.75, 3.05) is 0 Å². The maximum absolute atomic E-state index is 6.01. The van der Waals surface area contributed by atoms with Gasteiger partial charge in [-0.25, -0.2) is 4.98 Å². The Balaban J connectivity index is 3.28. The number of hydrogen-bond acceptors (Lipinski definition) is 1. The molecule has 0 unspecified atom stereocenters. The topological polar surface area (TPSA) is 17.8 Å². The van der Waals surface area contributed by atoms with Crippen molar-refractivity contribution in [2.24, 2.45) is 7.05 Å². The zero-order valence-corrected chi connectivity index (χ0v) is 9.16. The SMILES string of the molecule is Cn1c(Cl)nc(C(C)(C)C)c1Cl. The first-order valence-electron chi connectivity index (χ1n) is 3.72. The van der Waals surface area contributed by atoms with Crippen molar-refractivity contribution in [1.29, 1.82) is 0 Å². The van der Waals surface area contributed by atoms with Gasteiger partial charge in [-0.2, -0.15) is 0 Å². The predicted octanol–water partition coefficient (Wildman–Crippen LogP) is 3.02. The highest BCUT2D eigenvalue weighted by atomic mass is 35.5. The molecule has 68 valence electrons. The molecule has 12 heavy (non-hydrogen) atoms. The fourth-order valence-electron chi connectivity index (χ4n) is 0.930. The molecule has 0 saturated heterocycles. The average molecular weight is 207 g/mol. The van der Waals surface area contributed by atoms with Crippen molar-refractivity contribution in [3.05, 3.63) is 16.1 Å². The Labute approximate surface area is 82.5 Å². The normalized spacial score (nSPS) is 12.2. The van der Waals surface area contributed by atoms with Crippen molar-refractivity contribution in [2.45, 2.75) is 26.2 Å². The summed E-state index contributed by atoms with van der Waals surface area (Å²) in [6.45, 7) is 6.16. The summed E-state index contributed by atoms with van der Waals surface area (Å²) in [6, 6.07) is 0. The van der Waals surface area contributed by atoms with E-state index in [1.165, 1.54) is 0 Å². The summed E-state index contributed by atoms with van der Waals surface area (Å²) >= 11 is 11.8. The second-order valence-electron chi connectivity index (χ2n) is 3.83. The lowest BCUT2D eigenvalue weighted by Gasteiger charge is -2.15. The van der Waals surface area contributed by atoms with E-state index in [2.05, 4.69) is 25.8 Å². The van der Waals surface area contributed by atoms with Gasteiger partial charge in [0.15, 0.2) is 0 Å². The monoisotopic (exact) mass is 206 g/mol. The number of rotatable bonds is 0. The summed E-state index contributed by atoms with van der Waals surface area (Å²) < 4.78 is 1.67. The van der Waals surface area contributed by atoms with E-state index in [9.17, 15) is 0 Å². The Morgan fingerprint density at radius 1 is 1.25 bits per heavy atom. The summed E-state index contributed by atoms with van der Waals surface area (Å²) in [5.74, 6) is 0. The lowest BCUT2D eigenvalue weighted by atomic mass is 9.93. The molecule has 1 aromatic heterocycles. The zero-order chi connectivity index (χ0) is 9.52. The molecule has 2 nitrogen and oxygen atoms in total. The highest BCUT2D eigenvalue weighted by Gasteiger charge is 2.23.